The lowest BCUT2D eigenvalue weighted by Crippen LogP contribution is -2.44. The van der Waals surface area contributed by atoms with Crippen molar-refractivity contribution in [3.63, 3.8) is 0 Å². The highest BCUT2D eigenvalue weighted by atomic mass is 16.5. The van der Waals surface area contributed by atoms with Crippen LogP contribution in [0.4, 0.5) is 45.5 Å². The number of ether oxygens (including phenoxy) is 1. The minimum Gasteiger partial charge on any atom is -0.495 e. The van der Waals surface area contributed by atoms with E-state index in [2.05, 4.69) is 64.9 Å². The highest BCUT2D eigenvalue weighted by Crippen LogP contribution is 2.29. The Bertz CT molecular complexity index is 2610. The SMILES string of the molecule is COc1ccccc1Nc1cc[nH]c(=O)c1C(=O)Nc1ccc(N2CCN(C)CC2)cc1.Cc1ccccc1Nc1cc[nH]c(=O)c1C(=O)Nc1ccc(N2CCN(C)CC2)cc1. The number of anilines is 8. The summed E-state index contributed by atoms with van der Waals surface area (Å²) < 4.78 is 5.36. The number of rotatable bonds is 11. The lowest BCUT2D eigenvalue weighted by Gasteiger charge is -2.34. The maximum absolute atomic E-state index is 13.0. The van der Waals surface area contributed by atoms with Gasteiger partial charge in [0.25, 0.3) is 22.9 Å². The van der Waals surface area contributed by atoms with Crippen molar-refractivity contribution in [2.45, 2.75) is 6.92 Å². The molecule has 15 heteroatoms. The molecule has 0 spiro atoms. The number of aromatic amines is 2. The fraction of sp³-hybridized carbons (Fsp3) is 0.250. The number of piperazine rings is 2. The van der Waals surface area contributed by atoms with E-state index in [-0.39, 0.29) is 11.1 Å². The zero-order valence-corrected chi connectivity index (χ0v) is 36.0. The second-order valence-corrected chi connectivity index (χ2v) is 15.5. The third kappa shape index (κ3) is 11.1. The van der Waals surface area contributed by atoms with Crippen molar-refractivity contribution in [2.75, 3.05) is 105 Å². The number of H-pyrrole nitrogens is 2. The van der Waals surface area contributed by atoms with Crippen LogP contribution >= 0.6 is 0 Å². The number of amides is 2. The Morgan fingerprint density at radius 1 is 0.524 bits per heavy atom. The molecule has 2 saturated heterocycles. The van der Waals surface area contributed by atoms with Gasteiger partial charge >= 0.3 is 0 Å². The first-order valence-corrected chi connectivity index (χ1v) is 20.9. The largest absolute Gasteiger partial charge is 0.495 e. The van der Waals surface area contributed by atoms with Crippen molar-refractivity contribution in [1.82, 2.24) is 19.8 Å². The molecule has 326 valence electrons. The molecule has 2 aliphatic heterocycles. The van der Waals surface area contributed by atoms with E-state index in [0.29, 0.717) is 34.2 Å². The van der Waals surface area contributed by atoms with E-state index in [1.807, 2.05) is 97.9 Å². The molecule has 0 atom stereocenters. The van der Waals surface area contributed by atoms with Gasteiger partial charge in [-0.3, -0.25) is 19.2 Å². The second-order valence-electron chi connectivity index (χ2n) is 15.5. The van der Waals surface area contributed by atoms with E-state index < -0.39 is 22.9 Å². The van der Waals surface area contributed by atoms with E-state index in [0.717, 1.165) is 75.0 Å². The number of aromatic nitrogens is 2. The quantitative estimate of drug-likeness (QED) is 0.0835. The Kier molecular flexibility index (Phi) is 14.2. The number of methoxy groups -OCH3 is 1. The fourth-order valence-electron chi connectivity index (χ4n) is 7.40. The Hall–Kier alpha value is -7.36. The van der Waals surface area contributed by atoms with E-state index in [4.69, 9.17) is 4.74 Å². The topological polar surface area (TPSA) is 170 Å². The maximum atomic E-state index is 13.0. The van der Waals surface area contributed by atoms with E-state index in [1.165, 1.54) is 12.4 Å². The first-order valence-electron chi connectivity index (χ1n) is 20.9. The van der Waals surface area contributed by atoms with Crippen molar-refractivity contribution in [2.24, 2.45) is 0 Å². The molecule has 4 aromatic carbocycles. The number of nitrogens with one attached hydrogen (secondary N) is 6. The van der Waals surface area contributed by atoms with Crippen LogP contribution in [0.5, 0.6) is 5.75 Å². The summed E-state index contributed by atoms with van der Waals surface area (Å²) in [5, 5.41) is 12.0. The summed E-state index contributed by atoms with van der Waals surface area (Å²) in [6.45, 7) is 9.99. The summed E-state index contributed by atoms with van der Waals surface area (Å²) in [6.07, 6.45) is 3.03. The highest BCUT2D eigenvalue weighted by molar-refractivity contribution is 6.09. The first kappa shape index (κ1) is 43.7. The van der Waals surface area contributed by atoms with Gasteiger partial charge in [-0.25, -0.2) is 0 Å². The number of nitrogens with zero attached hydrogens (tertiary/aromatic N) is 4. The first-order chi connectivity index (χ1) is 30.6. The van der Waals surface area contributed by atoms with Crippen molar-refractivity contribution in [1.29, 1.82) is 0 Å². The zero-order valence-electron chi connectivity index (χ0n) is 36.0. The molecule has 2 aromatic heterocycles. The van der Waals surface area contributed by atoms with Crippen LogP contribution in [0.3, 0.4) is 0 Å². The summed E-state index contributed by atoms with van der Waals surface area (Å²) in [4.78, 5) is 65.4. The van der Waals surface area contributed by atoms with Crippen LogP contribution in [0, 0.1) is 6.92 Å². The number of benzene rings is 4. The molecule has 2 fully saturated rings. The number of carbonyl (C=O) groups is 2. The van der Waals surface area contributed by atoms with E-state index in [9.17, 15) is 19.2 Å². The van der Waals surface area contributed by atoms with E-state index >= 15 is 0 Å². The van der Waals surface area contributed by atoms with E-state index in [1.54, 1.807) is 25.3 Å². The molecule has 0 radical (unpaired) electrons. The lowest BCUT2D eigenvalue weighted by molar-refractivity contribution is 0.101. The molecule has 2 aliphatic rings. The standard InChI is InChI=1S/C24H27N5O3.C24H27N5O2/c1-28-13-15-29(16-14-28)18-9-7-17(8-10-18)26-24(31)22-20(11-12-25-23(22)30)27-19-5-3-4-6-21(19)32-2;1-17-5-3-4-6-20(17)27-21-11-12-25-23(30)22(21)24(31)26-18-7-9-19(10-8-18)29-15-13-28(2)14-16-29/h3-12H,13-16H2,1-2H3,(H,26,31)(H2,25,27,30);3-12H,13-16H2,1-2H3,(H,26,31)(H2,25,27,30). The molecule has 0 unspecified atom stereocenters. The molecule has 8 rings (SSSR count). The van der Waals surface area contributed by atoms with Gasteiger partial charge in [0.2, 0.25) is 0 Å². The number of hydrogen-bond donors (Lipinski definition) is 6. The summed E-state index contributed by atoms with van der Waals surface area (Å²) in [6, 6.07) is 33.8. The minimum absolute atomic E-state index is 0.00144. The Morgan fingerprint density at radius 3 is 1.38 bits per heavy atom. The van der Waals surface area contributed by atoms with Crippen molar-refractivity contribution >= 4 is 57.3 Å². The van der Waals surface area contributed by atoms with Gasteiger partial charge in [-0.05, 0) is 105 Å². The molecule has 6 N–H and O–H groups in total. The van der Waals surface area contributed by atoms with Gasteiger partial charge in [0, 0.05) is 93.2 Å². The molecule has 0 bridgehead atoms. The van der Waals surface area contributed by atoms with Gasteiger partial charge in [0.15, 0.2) is 0 Å². The molecule has 2 amide bonds. The Morgan fingerprint density at radius 2 is 0.937 bits per heavy atom. The molecule has 63 heavy (non-hydrogen) atoms. The van der Waals surface area contributed by atoms with Gasteiger partial charge in [-0.1, -0.05) is 30.3 Å². The number of hydrogen-bond acceptors (Lipinski definition) is 11. The van der Waals surface area contributed by atoms with Gasteiger partial charge in [0.1, 0.15) is 16.9 Å². The molecule has 4 heterocycles. The highest BCUT2D eigenvalue weighted by Gasteiger charge is 2.20. The fourth-order valence-corrected chi connectivity index (χ4v) is 7.40. The third-order valence-electron chi connectivity index (χ3n) is 11.2. The van der Waals surface area contributed by atoms with Crippen molar-refractivity contribution in [3.05, 3.63) is 159 Å². The average molecular weight is 851 g/mol. The molecule has 6 aromatic rings. The van der Waals surface area contributed by atoms with Crippen molar-refractivity contribution < 1.29 is 14.3 Å². The lowest BCUT2D eigenvalue weighted by atomic mass is 10.1. The Balaban J connectivity index is 0.000000189. The van der Waals surface area contributed by atoms with Crippen LogP contribution in [0.15, 0.2) is 131 Å². The number of aryl methyl sites for hydroxylation is 1. The van der Waals surface area contributed by atoms with Crippen LogP contribution in [-0.2, 0) is 0 Å². The number of carbonyl (C=O) groups excluding carboxylic acids is 2. The normalized spacial score (nSPS) is 14.2. The monoisotopic (exact) mass is 850 g/mol. The van der Waals surface area contributed by atoms with Crippen LogP contribution in [0.2, 0.25) is 0 Å². The van der Waals surface area contributed by atoms with Crippen LogP contribution in [0.1, 0.15) is 26.3 Å². The third-order valence-corrected chi connectivity index (χ3v) is 11.2. The van der Waals surface area contributed by atoms with Crippen LogP contribution in [0.25, 0.3) is 0 Å². The van der Waals surface area contributed by atoms with Crippen molar-refractivity contribution in [3.8, 4) is 5.75 Å². The van der Waals surface area contributed by atoms with Crippen LogP contribution < -0.4 is 46.9 Å². The van der Waals surface area contributed by atoms with Crippen LogP contribution in [-0.4, -0.2) is 105 Å². The predicted molar refractivity (Wildman–Crippen MR) is 253 cm³/mol. The number of likely N-dealkylation sites (N-methyl/N-ethyl adjacent to an activating group) is 2. The molecule has 0 saturated carbocycles. The summed E-state index contributed by atoms with van der Waals surface area (Å²) >= 11 is 0. The Labute approximate surface area is 366 Å². The second kappa shape index (κ2) is 20.5. The van der Waals surface area contributed by atoms with Gasteiger partial charge < -0.3 is 55.6 Å². The summed E-state index contributed by atoms with van der Waals surface area (Å²) in [5.74, 6) is -0.333. The smallest absolute Gasteiger partial charge is 0.263 e. The van der Waals surface area contributed by atoms with Gasteiger partial charge in [0.05, 0.1) is 24.2 Å². The molecular weight excluding hydrogens is 797 g/mol. The molecule has 0 aliphatic carbocycles. The average Bonchev–Trinajstić information content (AvgIpc) is 3.29. The van der Waals surface area contributed by atoms with Gasteiger partial charge in [-0.15, -0.1) is 0 Å². The zero-order chi connectivity index (χ0) is 44.3. The summed E-state index contributed by atoms with van der Waals surface area (Å²) in [5.41, 5.74) is 6.04. The molecular formula is C48H54N10O5. The minimum atomic E-state index is -0.489. The summed E-state index contributed by atoms with van der Waals surface area (Å²) in [7, 11) is 5.82. The van der Waals surface area contributed by atoms with Gasteiger partial charge in [-0.2, -0.15) is 0 Å². The number of para-hydroxylation sites is 3. The maximum Gasteiger partial charge on any atom is 0.263 e. The number of pyridine rings is 2. The predicted octanol–water partition coefficient (Wildman–Crippen LogP) is 6.56. The molecule has 15 nitrogen and oxygen atoms in total.